The Morgan fingerprint density at radius 3 is 2.53 bits per heavy atom. The van der Waals surface area contributed by atoms with Crippen LogP contribution in [0.5, 0.6) is 0 Å². The molecule has 1 rings (SSSR count). The van der Waals surface area contributed by atoms with Crippen molar-refractivity contribution in [2.75, 3.05) is 12.4 Å². The molecule has 15 heavy (non-hydrogen) atoms. The van der Waals surface area contributed by atoms with Gasteiger partial charge in [-0.05, 0) is 27.5 Å². The Balaban J connectivity index is 2.23. The third kappa shape index (κ3) is 5.38. The van der Waals surface area contributed by atoms with E-state index in [-0.39, 0.29) is 6.61 Å². The van der Waals surface area contributed by atoms with E-state index in [2.05, 4.69) is 6.07 Å². The maximum Gasteiger partial charge on any atom is 0.0991 e. The van der Waals surface area contributed by atoms with E-state index in [1.54, 1.807) is 31.4 Å². The van der Waals surface area contributed by atoms with Gasteiger partial charge in [-0.1, -0.05) is 33.7 Å². The number of aliphatic hydroxyl groups excluding tert-OH is 1. The van der Waals surface area contributed by atoms with Gasteiger partial charge in [0.25, 0.3) is 0 Å². The highest BCUT2D eigenvalue weighted by molar-refractivity contribution is 9.09. The molecule has 0 aliphatic carbocycles. The molecule has 0 saturated carbocycles. The maximum absolute atomic E-state index is 8.62. The summed E-state index contributed by atoms with van der Waals surface area (Å²) in [6, 6.07) is 9.71. The molecule has 1 aromatic carbocycles. The van der Waals surface area contributed by atoms with Crippen molar-refractivity contribution < 1.29 is 5.11 Å². The van der Waals surface area contributed by atoms with Crippen LogP contribution < -0.4 is 0 Å². The highest BCUT2D eigenvalue weighted by atomic mass is 33.5. The minimum atomic E-state index is 0.231. The lowest BCUT2D eigenvalue weighted by molar-refractivity contribution is 0.323. The molecule has 5 heteroatoms. The molecule has 1 N–H and O–H groups in total. The summed E-state index contributed by atoms with van der Waals surface area (Å²) < 4.78 is 0. The summed E-state index contributed by atoms with van der Waals surface area (Å²) in [5.41, 5.74) is 1.92. The molecule has 0 aliphatic rings. The van der Waals surface area contributed by atoms with Gasteiger partial charge in [0.1, 0.15) is 0 Å². The lowest BCUT2D eigenvalue weighted by Gasteiger charge is -2.00. The zero-order valence-corrected chi connectivity index (χ0v) is 10.5. The fraction of sp³-hybridized carbons (Fsp3) is 0.300. The first-order chi connectivity index (χ1) is 7.36. The van der Waals surface area contributed by atoms with E-state index in [0.717, 1.165) is 11.5 Å². The summed E-state index contributed by atoms with van der Waals surface area (Å²) in [5, 5.41) is 17.2. The summed E-state index contributed by atoms with van der Waals surface area (Å²) in [4.78, 5) is 0. The Morgan fingerprint density at radius 1 is 1.20 bits per heavy atom. The van der Waals surface area contributed by atoms with Crippen LogP contribution in [-0.4, -0.2) is 17.5 Å². The van der Waals surface area contributed by atoms with Crippen molar-refractivity contribution in [3.63, 3.8) is 0 Å². The first-order valence-electron chi connectivity index (χ1n) is 4.38. The average Bonchev–Trinajstić information content (AvgIpc) is 2.30. The minimum Gasteiger partial charge on any atom is -0.395 e. The van der Waals surface area contributed by atoms with Crippen LogP contribution in [0.15, 0.2) is 24.3 Å². The zero-order chi connectivity index (χ0) is 10.9. The monoisotopic (exact) mass is 257 g/mol. The molecular weight excluding hydrogens is 246 g/mol. The number of benzene rings is 1. The molecule has 0 aliphatic heterocycles. The number of nitriles is 1. The quantitative estimate of drug-likeness (QED) is 0.626. The smallest absolute Gasteiger partial charge is 0.0991 e. The zero-order valence-electron chi connectivity index (χ0n) is 8.05. The van der Waals surface area contributed by atoms with E-state index in [1.807, 2.05) is 24.3 Å². The fourth-order valence-corrected chi connectivity index (χ4v) is 4.30. The summed E-state index contributed by atoms with van der Waals surface area (Å²) in [7, 11) is 5.09. The van der Waals surface area contributed by atoms with Crippen molar-refractivity contribution in [1.82, 2.24) is 0 Å². The molecule has 0 unspecified atom stereocenters. The Kier molecular flexibility index (Phi) is 6.77. The first kappa shape index (κ1) is 12.8. The maximum atomic E-state index is 8.62. The lowest BCUT2D eigenvalue weighted by atomic mass is 10.2. The van der Waals surface area contributed by atoms with Crippen molar-refractivity contribution >= 4 is 31.4 Å². The second kappa shape index (κ2) is 7.94. The van der Waals surface area contributed by atoms with Crippen molar-refractivity contribution in [3.05, 3.63) is 35.4 Å². The molecule has 0 fully saturated rings. The molecule has 0 spiro atoms. The van der Waals surface area contributed by atoms with Crippen LogP contribution in [0.1, 0.15) is 11.1 Å². The van der Waals surface area contributed by atoms with E-state index in [4.69, 9.17) is 10.4 Å². The number of hydrogen-bond acceptors (Lipinski definition) is 5. The van der Waals surface area contributed by atoms with Gasteiger partial charge in [-0.2, -0.15) is 5.26 Å². The van der Waals surface area contributed by atoms with Crippen molar-refractivity contribution in [2.24, 2.45) is 0 Å². The fourth-order valence-electron chi connectivity index (χ4n) is 0.873. The Morgan fingerprint density at radius 2 is 1.93 bits per heavy atom. The van der Waals surface area contributed by atoms with E-state index in [0.29, 0.717) is 5.56 Å². The molecule has 0 aromatic heterocycles. The van der Waals surface area contributed by atoms with Crippen LogP contribution in [0.4, 0.5) is 0 Å². The molecule has 2 nitrogen and oxygen atoms in total. The summed E-state index contributed by atoms with van der Waals surface area (Å²) in [6.45, 7) is 0.231. The number of rotatable bonds is 6. The van der Waals surface area contributed by atoms with E-state index >= 15 is 0 Å². The van der Waals surface area contributed by atoms with Gasteiger partial charge >= 0.3 is 0 Å². The third-order valence-corrected chi connectivity index (χ3v) is 5.74. The predicted octanol–water partition coefficient (Wildman–Crippen LogP) is 3.08. The van der Waals surface area contributed by atoms with Crippen LogP contribution in [0.3, 0.4) is 0 Å². The molecule has 1 aromatic rings. The highest BCUT2D eigenvalue weighted by Crippen LogP contribution is 2.36. The van der Waals surface area contributed by atoms with E-state index in [9.17, 15) is 0 Å². The van der Waals surface area contributed by atoms with Gasteiger partial charge in [0.05, 0.1) is 18.2 Å². The summed E-state index contributed by atoms with van der Waals surface area (Å²) >= 11 is 0. The number of hydrogen-bond donors (Lipinski definition) is 1. The predicted molar refractivity (Wildman–Crippen MR) is 69.6 cm³/mol. The Hall–Kier alpha value is -0.280. The second-order valence-electron chi connectivity index (χ2n) is 2.68. The second-order valence-corrected chi connectivity index (χ2v) is 7.04. The van der Waals surface area contributed by atoms with Crippen molar-refractivity contribution in [2.45, 2.75) is 5.75 Å². The van der Waals surface area contributed by atoms with Gasteiger partial charge in [-0.3, -0.25) is 0 Å². The van der Waals surface area contributed by atoms with Crippen LogP contribution in [0.2, 0.25) is 0 Å². The van der Waals surface area contributed by atoms with E-state index < -0.39 is 0 Å². The van der Waals surface area contributed by atoms with Gasteiger partial charge < -0.3 is 5.11 Å². The Bertz CT molecular complexity index is 320. The molecule has 0 radical (unpaired) electrons. The van der Waals surface area contributed by atoms with Crippen LogP contribution in [-0.2, 0) is 5.75 Å². The number of aliphatic hydroxyl groups is 1. The van der Waals surface area contributed by atoms with Crippen LogP contribution in [0, 0.1) is 11.3 Å². The third-order valence-electron chi connectivity index (χ3n) is 1.58. The van der Waals surface area contributed by atoms with Crippen LogP contribution >= 0.6 is 31.4 Å². The topological polar surface area (TPSA) is 44.0 Å². The van der Waals surface area contributed by atoms with Crippen molar-refractivity contribution in [3.8, 4) is 6.07 Å². The largest absolute Gasteiger partial charge is 0.395 e. The van der Waals surface area contributed by atoms with Gasteiger partial charge in [0, 0.05) is 11.5 Å². The highest BCUT2D eigenvalue weighted by Gasteiger charge is 1.95. The van der Waals surface area contributed by atoms with Crippen LogP contribution in [0.25, 0.3) is 0 Å². The lowest BCUT2D eigenvalue weighted by Crippen LogP contribution is -1.81. The molecule has 0 saturated heterocycles. The van der Waals surface area contributed by atoms with Gasteiger partial charge in [-0.25, -0.2) is 0 Å². The van der Waals surface area contributed by atoms with Crippen molar-refractivity contribution in [1.29, 1.82) is 5.26 Å². The molecule has 0 heterocycles. The normalized spacial score (nSPS) is 9.87. The van der Waals surface area contributed by atoms with E-state index in [1.165, 1.54) is 5.56 Å². The van der Waals surface area contributed by atoms with Gasteiger partial charge in [0.2, 0.25) is 0 Å². The van der Waals surface area contributed by atoms with Gasteiger partial charge in [-0.15, -0.1) is 0 Å². The average molecular weight is 257 g/mol. The minimum absolute atomic E-state index is 0.231. The molecule has 0 atom stereocenters. The number of nitrogens with zero attached hydrogens (tertiary/aromatic N) is 1. The standard InChI is InChI=1S/C10H11NOS3/c11-7-9-1-3-10(4-2-9)8-14-15-13-6-5-12/h1-4,12H,5-6,8H2. The molecule has 0 amide bonds. The SMILES string of the molecule is N#Cc1ccc(CSSSCCO)cc1. The first-order valence-corrected chi connectivity index (χ1v) is 8.20. The summed E-state index contributed by atoms with van der Waals surface area (Å²) in [6.07, 6.45) is 0. The summed E-state index contributed by atoms with van der Waals surface area (Å²) in [5.74, 6) is 1.69. The Labute approximate surface area is 101 Å². The molecule has 80 valence electrons. The molecular formula is C10H11NOS3. The van der Waals surface area contributed by atoms with Gasteiger partial charge in [0.15, 0.2) is 0 Å². The molecule has 0 bridgehead atoms.